The van der Waals surface area contributed by atoms with Crippen LogP contribution >= 0.6 is 15.9 Å². The van der Waals surface area contributed by atoms with Crippen LogP contribution in [0.1, 0.15) is 24.1 Å². The lowest BCUT2D eigenvalue weighted by Gasteiger charge is -2.17. The van der Waals surface area contributed by atoms with Crippen LogP contribution in [-0.2, 0) is 6.54 Å². The van der Waals surface area contributed by atoms with Crippen LogP contribution in [0.4, 0.5) is 8.78 Å². The van der Waals surface area contributed by atoms with Crippen LogP contribution in [0.15, 0.2) is 40.9 Å². The van der Waals surface area contributed by atoms with E-state index in [1.807, 2.05) is 18.2 Å². The van der Waals surface area contributed by atoms with Gasteiger partial charge in [0.2, 0.25) is 0 Å². The van der Waals surface area contributed by atoms with Crippen LogP contribution in [0.5, 0.6) is 5.75 Å². The number of benzene rings is 2. The number of hydrogen-bond acceptors (Lipinski definition) is 2. The van der Waals surface area contributed by atoms with E-state index < -0.39 is 17.7 Å². The minimum atomic E-state index is -0.545. The smallest absolute Gasteiger partial charge is 0.130 e. The largest absolute Gasteiger partial charge is 0.496 e. The molecule has 2 nitrogen and oxygen atoms in total. The number of halogens is 3. The lowest BCUT2D eigenvalue weighted by atomic mass is 10.1. The summed E-state index contributed by atoms with van der Waals surface area (Å²) in [5, 5.41) is 3.12. The molecule has 0 aliphatic carbocycles. The van der Waals surface area contributed by atoms with Gasteiger partial charge in [-0.15, -0.1) is 0 Å². The number of nitrogens with one attached hydrogen (secondary N) is 1. The third kappa shape index (κ3) is 3.80. The zero-order valence-corrected chi connectivity index (χ0v) is 13.4. The second kappa shape index (κ2) is 7.00. The van der Waals surface area contributed by atoms with Gasteiger partial charge in [0.05, 0.1) is 7.11 Å². The third-order valence-electron chi connectivity index (χ3n) is 3.27. The van der Waals surface area contributed by atoms with Crippen LogP contribution in [0.2, 0.25) is 0 Å². The molecule has 0 bridgehead atoms. The van der Waals surface area contributed by atoms with Crippen molar-refractivity contribution in [2.75, 3.05) is 7.11 Å². The first kappa shape index (κ1) is 15.9. The normalized spacial score (nSPS) is 12.2. The summed E-state index contributed by atoms with van der Waals surface area (Å²) in [5.74, 6) is -0.362. The van der Waals surface area contributed by atoms with Crippen molar-refractivity contribution in [2.45, 2.75) is 19.5 Å². The molecule has 2 aromatic carbocycles. The molecule has 0 heterocycles. The van der Waals surface area contributed by atoms with Gasteiger partial charge in [-0.3, -0.25) is 0 Å². The Labute approximate surface area is 131 Å². The lowest BCUT2D eigenvalue weighted by molar-refractivity contribution is 0.404. The Morgan fingerprint density at radius 1 is 1.19 bits per heavy atom. The average Bonchev–Trinajstić information content (AvgIpc) is 2.45. The van der Waals surface area contributed by atoms with Gasteiger partial charge in [0.15, 0.2) is 0 Å². The summed E-state index contributed by atoms with van der Waals surface area (Å²) < 4.78 is 33.6. The van der Waals surface area contributed by atoms with E-state index in [0.29, 0.717) is 6.54 Å². The van der Waals surface area contributed by atoms with Crippen molar-refractivity contribution < 1.29 is 13.5 Å². The summed E-state index contributed by atoms with van der Waals surface area (Å²) in [4.78, 5) is 0. The maximum absolute atomic E-state index is 13.7. The second-order valence-corrected chi connectivity index (χ2v) is 5.61. The zero-order valence-electron chi connectivity index (χ0n) is 11.8. The summed E-state index contributed by atoms with van der Waals surface area (Å²) in [6.45, 7) is 2.17. The first-order chi connectivity index (χ1) is 10.0. The van der Waals surface area contributed by atoms with Gasteiger partial charge in [0.1, 0.15) is 17.4 Å². The van der Waals surface area contributed by atoms with Crippen LogP contribution < -0.4 is 10.1 Å². The van der Waals surface area contributed by atoms with Crippen LogP contribution in [0, 0.1) is 11.6 Å². The number of ether oxygens (including phenoxy) is 1. The second-order valence-electron chi connectivity index (χ2n) is 4.69. The number of rotatable bonds is 5. The van der Waals surface area contributed by atoms with Crippen LogP contribution in [-0.4, -0.2) is 7.11 Å². The van der Waals surface area contributed by atoms with Gasteiger partial charge in [-0.2, -0.15) is 0 Å². The molecule has 0 amide bonds. The van der Waals surface area contributed by atoms with E-state index in [9.17, 15) is 8.78 Å². The van der Waals surface area contributed by atoms with Crippen molar-refractivity contribution in [2.24, 2.45) is 0 Å². The Balaban J connectivity index is 2.14. The molecule has 2 aromatic rings. The molecule has 1 atom stereocenters. The minimum absolute atomic E-state index is 0.0477. The summed E-state index contributed by atoms with van der Waals surface area (Å²) in [7, 11) is 1.59. The molecule has 0 radical (unpaired) electrons. The molecule has 112 valence electrons. The molecule has 0 aliphatic rings. The maximum atomic E-state index is 13.7. The molecular formula is C16H16BrF2NO. The maximum Gasteiger partial charge on any atom is 0.130 e. The summed E-state index contributed by atoms with van der Waals surface area (Å²) in [6.07, 6.45) is 0. The Hall–Kier alpha value is -1.46. The van der Waals surface area contributed by atoms with E-state index >= 15 is 0 Å². The van der Waals surface area contributed by atoms with E-state index in [4.69, 9.17) is 4.74 Å². The fourth-order valence-corrected chi connectivity index (χ4v) is 2.58. The lowest BCUT2D eigenvalue weighted by Crippen LogP contribution is -2.20. The molecule has 1 unspecified atom stereocenters. The van der Waals surface area contributed by atoms with Crippen LogP contribution in [0.25, 0.3) is 0 Å². The summed E-state index contributed by atoms with van der Waals surface area (Å²) >= 11 is 3.40. The molecule has 1 N–H and O–H groups in total. The predicted molar refractivity (Wildman–Crippen MR) is 82.3 cm³/mol. The van der Waals surface area contributed by atoms with Gasteiger partial charge in [-0.25, -0.2) is 8.78 Å². The molecule has 21 heavy (non-hydrogen) atoms. The SMILES string of the molecule is COc1ccc(Br)cc1CNC(C)c1c(F)cccc1F. The average molecular weight is 356 g/mol. The topological polar surface area (TPSA) is 21.3 Å². The molecule has 0 saturated carbocycles. The quantitative estimate of drug-likeness (QED) is 0.846. The molecular weight excluding hydrogens is 340 g/mol. The van der Waals surface area contributed by atoms with E-state index in [2.05, 4.69) is 21.2 Å². The first-order valence-electron chi connectivity index (χ1n) is 6.52. The van der Waals surface area contributed by atoms with Gasteiger partial charge in [0, 0.05) is 28.2 Å². The van der Waals surface area contributed by atoms with Gasteiger partial charge >= 0.3 is 0 Å². The van der Waals surface area contributed by atoms with E-state index in [-0.39, 0.29) is 5.56 Å². The molecule has 0 fully saturated rings. The fraction of sp³-hybridized carbons (Fsp3) is 0.250. The fourth-order valence-electron chi connectivity index (χ4n) is 2.17. The van der Waals surface area contributed by atoms with E-state index in [1.165, 1.54) is 18.2 Å². The van der Waals surface area contributed by atoms with Crippen molar-refractivity contribution in [1.82, 2.24) is 5.32 Å². The number of methoxy groups -OCH3 is 1. The van der Waals surface area contributed by atoms with Crippen LogP contribution in [0.3, 0.4) is 0 Å². The molecule has 0 aromatic heterocycles. The summed E-state index contributed by atoms with van der Waals surface area (Å²) in [6, 6.07) is 9.06. The van der Waals surface area contributed by atoms with Crippen molar-refractivity contribution in [3.63, 3.8) is 0 Å². The first-order valence-corrected chi connectivity index (χ1v) is 7.32. The highest BCUT2D eigenvalue weighted by Crippen LogP contribution is 2.25. The van der Waals surface area contributed by atoms with Gasteiger partial charge in [-0.1, -0.05) is 22.0 Å². The van der Waals surface area contributed by atoms with E-state index in [1.54, 1.807) is 14.0 Å². The zero-order chi connectivity index (χ0) is 15.4. The molecule has 0 aliphatic heterocycles. The van der Waals surface area contributed by atoms with E-state index in [0.717, 1.165) is 15.8 Å². The predicted octanol–water partition coefficient (Wildman–Crippen LogP) is 4.59. The molecule has 5 heteroatoms. The minimum Gasteiger partial charge on any atom is -0.496 e. The summed E-state index contributed by atoms with van der Waals surface area (Å²) in [5.41, 5.74) is 0.960. The molecule has 2 rings (SSSR count). The molecule has 0 spiro atoms. The van der Waals surface area contributed by atoms with Crippen molar-refractivity contribution in [3.8, 4) is 5.75 Å². The highest BCUT2D eigenvalue weighted by atomic mass is 79.9. The van der Waals surface area contributed by atoms with Gasteiger partial charge in [-0.05, 0) is 37.3 Å². The van der Waals surface area contributed by atoms with Crippen molar-refractivity contribution in [1.29, 1.82) is 0 Å². The monoisotopic (exact) mass is 355 g/mol. The Morgan fingerprint density at radius 2 is 1.86 bits per heavy atom. The van der Waals surface area contributed by atoms with Gasteiger partial charge in [0.25, 0.3) is 0 Å². The highest BCUT2D eigenvalue weighted by Gasteiger charge is 2.16. The Bertz CT molecular complexity index is 613. The Kier molecular flexibility index (Phi) is 5.31. The van der Waals surface area contributed by atoms with Crippen molar-refractivity contribution >= 4 is 15.9 Å². The number of hydrogen-bond donors (Lipinski definition) is 1. The third-order valence-corrected chi connectivity index (χ3v) is 3.77. The van der Waals surface area contributed by atoms with Crippen molar-refractivity contribution in [3.05, 3.63) is 63.6 Å². The molecule has 0 saturated heterocycles. The van der Waals surface area contributed by atoms with Gasteiger partial charge < -0.3 is 10.1 Å². The Morgan fingerprint density at radius 3 is 2.48 bits per heavy atom. The highest BCUT2D eigenvalue weighted by molar-refractivity contribution is 9.10. The standard InChI is InChI=1S/C16H16BrF2NO/c1-10(16-13(18)4-3-5-14(16)19)20-9-11-8-12(17)6-7-15(11)21-2/h3-8,10,20H,9H2,1-2H3.